The van der Waals surface area contributed by atoms with Crippen LogP contribution in [-0.4, -0.2) is 16.0 Å². The van der Waals surface area contributed by atoms with E-state index in [9.17, 15) is 4.79 Å². The van der Waals surface area contributed by atoms with E-state index in [1.165, 1.54) is 6.42 Å². The fourth-order valence-corrected chi connectivity index (χ4v) is 2.51. The first-order valence-electron chi connectivity index (χ1n) is 6.37. The van der Waals surface area contributed by atoms with Crippen molar-refractivity contribution in [1.82, 2.24) is 9.88 Å². The number of hydrogen-bond acceptors (Lipinski definition) is 2. The highest BCUT2D eigenvalue weighted by Gasteiger charge is 2.35. The average Bonchev–Trinajstić information content (AvgIpc) is 2.99. The summed E-state index contributed by atoms with van der Waals surface area (Å²) < 4.78 is 2.03. The van der Waals surface area contributed by atoms with E-state index < -0.39 is 0 Å². The molecule has 0 radical (unpaired) electrons. The van der Waals surface area contributed by atoms with E-state index in [1.54, 1.807) is 6.07 Å². The van der Waals surface area contributed by atoms with Gasteiger partial charge in [0.05, 0.1) is 5.69 Å². The Balaban J connectivity index is 1.80. The average molecular weight is 233 g/mol. The molecule has 2 aliphatic rings. The standard InChI is InChI=1S/C13H19N3O/c1-13(5-2-6-13)15-12(17)11-7-9(14)8-16(11)10-3-4-10/h7-8,10H,2-6,14H2,1H3,(H,15,17). The summed E-state index contributed by atoms with van der Waals surface area (Å²) in [6, 6.07) is 2.28. The van der Waals surface area contributed by atoms with Gasteiger partial charge in [-0.1, -0.05) is 0 Å². The Hall–Kier alpha value is -1.45. The van der Waals surface area contributed by atoms with Gasteiger partial charge in [-0.3, -0.25) is 4.79 Å². The fraction of sp³-hybridized carbons (Fsp3) is 0.615. The van der Waals surface area contributed by atoms with Crippen LogP contribution in [0.3, 0.4) is 0 Å². The zero-order valence-corrected chi connectivity index (χ0v) is 10.2. The number of nitrogens with one attached hydrogen (secondary N) is 1. The van der Waals surface area contributed by atoms with Crippen LogP contribution < -0.4 is 11.1 Å². The summed E-state index contributed by atoms with van der Waals surface area (Å²) in [7, 11) is 0. The lowest BCUT2D eigenvalue weighted by Crippen LogP contribution is -2.51. The Morgan fingerprint density at radius 2 is 2.24 bits per heavy atom. The summed E-state index contributed by atoms with van der Waals surface area (Å²) in [6.07, 6.45) is 7.58. The normalized spacial score (nSPS) is 21.9. The first-order valence-corrected chi connectivity index (χ1v) is 6.37. The number of nitrogens with zero attached hydrogens (tertiary/aromatic N) is 1. The second-order valence-corrected chi connectivity index (χ2v) is 5.67. The molecule has 2 saturated carbocycles. The van der Waals surface area contributed by atoms with E-state index in [-0.39, 0.29) is 11.4 Å². The third-order valence-electron chi connectivity index (χ3n) is 3.92. The summed E-state index contributed by atoms with van der Waals surface area (Å²) in [5.41, 5.74) is 7.20. The third-order valence-corrected chi connectivity index (χ3v) is 3.92. The predicted octanol–water partition coefficient (Wildman–Crippen LogP) is 2.08. The predicted molar refractivity (Wildman–Crippen MR) is 66.8 cm³/mol. The molecule has 4 heteroatoms. The molecule has 17 heavy (non-hydrogen) atoms. The summed E-state index contributed by atoms with van der Waals surface area (Å²) in [5.74, 6) is 0.0239. The summed E-state index contributed by atoms with van der Waals surface area (Å²) >= 11 is 0. The SMILES string of the molecule is CC1(NC(=O)c2cc(N)cn2C2CC2)CCC1. The highest BCUT2D eigenvalue weighted by atomic mass is 16.2. The Bertz CT molecular complexity index is 455. The van der Waals surface area contributed by atoms with E-state index in [0.29, 0.717) is 11.7 Å². The van der Waals surface area contributed by atoms with Gasteiger partial charge < -0.3 is 15.6 Å². The molecular weight excluding hydrogens is 214 g/mol. The van der Waals surface area contributed by atoms with Crippen LogP contribution in [-0.2, 0) is 0 Å². The van der Waals surface area contributed by atoms with Crippen molar-refractivity contribution < 1.29 is 4.79 Å². The summed E-state index contributed by atoms with van der Waals surface area (Å²) in [4.78, 5) is 12.2. The van der Waals surface area contributed by atoms with Crippen LogP contribution in [0.1, 0.15) is 55.6 Å². The molecule has 4 nitrogen and oxygen atoms in total. The lowest BCUT2D eigenvalue weighted by atomic mass is 9.78. The molecule has 0 aromatic carbocycles. The molecular formula is C13H19N3O. The number of aromatic nitrogens is 1. The van der Waals surface area contributed by atoms with Crippen molar-refractivity contribution >= 4 is 11.6 Å². The lowest BCUT2D eigenvalue weighted by molar-refractivity contribution is 0.0840. The lowest BCUT2D eigenvalue weighted by Gasteiger charge is -2.39. The molecule has 1 aromatic heterocycles. The zero-order valence-electron chi connectivity index (χ0n) is 10.2. The summed E-state index contributed by atoms with van der Waals surface area (Å²) in [6.45, 7) is 2.11. The van der Waals surface area contributed by atoms with Crippen LogP contribution >= 0.6 is 0 Å². The zero-order chi connectivity index (χ0) is 12.0. The largest absolute Gasteiger partial charge is 0.397 e. The second kappa shape index (κ2) is 3.52. The minimum atomic E-state index is 0.00446. The van der Waals surface area contributed by atoms with Gasteiger partial charge in [0.25, 0.3) is 5.91 Å². The summed E-state index contributed by atoms with van der Waals surface area (Å²) in [5, 5.41) is 3.13. The van der Waals surface area contributed by atoms with Crippen molar-refractivity contribution in [2.45, 2.75) is 50.6 Å². The number of anilines is 1. The minimum Gasteiger partial charge on any atom is -0.397 e. The highest BCUT2D eigenvalue weighted by Crippen LogP contribution is 2.37. The number of carbonyl (C=O) groups excluding carboxylic acids is 1. The Morgan fingerprint density at radius 3 is 2.76 bits per heavy atom. The van der Waals surface area contributed by atoms with Gasteiger partial charge in [0.2, 0.25) is 0 Å². The van der Waals surface area contributed by atoms with Crippen molar-refractivity contribution in [3.8, 4) is 0 Å². The van der Waals surface area contributed by atoms with Crippen LogP contribution in [0.25, 0.3) is 0 Å². The quantitative estimate of drug-likeness (QED) is 0.839. The minimum absolute atomic E-state index is 0.00446. The van der Waals surface area contributed by atoms with Crippen LogP contribution in [0.15, 0.2) is 12.3 Å². The topological polar surface area (TPSA) is 60.1 Å². The van der Waals surface area contributed by atoms with Gasteiger partial charge in [-0.2, -0.15) is 0 Å². The molecule has 0 unspecified atom stereocenters. The molecule has 92 valence electrons. The van der Waals surface area contributed by atoms with Gasteiger partial charge in [0.1, 0.15) is 5.69 Å². The van der Waals surface area contributed by atoms with Crippen molar-refractivity contribution in [1.29, 1.82) is 0 Å². The molecule has 2 fully saturated rings. The van der Waals surface area contributed by atoms with Crippen LogP contribution in [0.4, 0.5) is 5.69 Å². The number of carbonyl (C=O) groups is 1. The fourth-order valence-electron chi connectivity index (χ4n) is 2.51. The molecule has 0 bridgehead atoms. The van der Waals surface area contributed by atoms with Crippen LogP contribution in [0.2, 0.25) is 0 Å². The molecule has 3 rings (SSSR count). The highest BCUT2D eigenvalue weighted by molar-refractivity contribution is 5.94. The van der Waals surface area contributed by atoms with Crippen LogP contribution in [0.5, 0.6) is 0 Å². The molecule has 3 N–H and O–H groups in total. The molecule has 1 aromatic rings. The van der Waals surface area contributed by atoms with Crippen molar-refractivity contribution in [3.63, 3.8) is 0 Å². The van der Waals surface area contributed by atoms with E-state index in [1.807, 2.05) is 10.8 Å². The molecule has 2 aliphatic carbocycles. The Morgan fingerprint density at radius 1 is 1.53 bits per heavy atom. The monoisotopic (exact) mass is 233 g/mol. The van der Waals surface area contributed by atoms with Gasteiger partial charge in [0, 0.05) is 17.8 Å². The molecule has 1 heterocycles. The maximum absolute atomic E-state index is 12.2. The molecule has 0 spiro atoms. The van der Waals surface area contributed by atoms with Crippen molar-refractivity contribution in [2.24, 2.45) is 0 Å². The maximum Gasteiger partial charge on any atom is 0.268 e. The van der Waals surface area contributed by atoms with Gasteiger partial charge in [-0.15, -0.1) is 0 Å². The number of nitrogen functional groups attached to an aromatic ring is 1. The van der Waals surface area contributed by atoms with E-state index in [2.05, 4.69) is 12.2 Å². The third kappa shape index (κ3) is 1.92. The van der Waals surface area contributed by atoms with E-state index in [4.69, 9.17) is 5.73 Å². The van der Waals surface area contributed by atoms with E-state index in [0.717, 1.165) is 31.4 Å². The van der Waals surface area contributed by atoms with E-state index >= 15 is 0 Å². The molecule has 0 atom stereocenters. The number of hydrogen-bond donors (Lipinski definition) is 2. The Labute approximate surface area is 101 Å². The van der Waals surface area contributed by atoms with Gasteiger partial charge in [0.15, 0.2) is 0 Å². The Kier molecular flexibility index (Phi) is 2.21. The van der Waals surface area contributed by atoms with Crippen molar-refractivity contribution in [2.75, 3.05) is 5.73 Å². The van der Waals surface area contributed by atoms with Gasteiger partial charge in [-0.05, 0) is 45.1 Å². The number of amides is 1. The first kappa shape index (κ1) is 10.7. The first-order chi connectivity index (χ1) is 8.07. The number of rotatable bonds is 3. The molecule has 0 aliphatic heterocycles. The van der Waals surface area contributed by atoms with Crippen molar-refractivity contribution in [3.05, 3.63) is 18.0 Å². The molecule has 1 amide bonds. The van der Waals surface area contributed by atoms with Gasteiger partial charge >= 0.3 is 0 Å². The number of nitrogens with two attached hydrogens (primary N) is 1. The molecule has 0 saturated heterocycles. The van der Waals surface area contributed by atoms with Gasteiger partial charge in [-0.25, -0.2) is 0 Å². The smallest absolute Gasteiger partial charge is 0.268 e. The van der Waals surface area contributed by atoms with Crippen LogP contribution in [0, 0.1) is 0 Å². The second-order valence-electron chi connectivity index (χ2n) is 5.67. The maximum atomic E-state index is 12.2.